The molecule has 2 atom stereocenters. The van der Waals surface area contributed by atoms with Crippen molar-refractivity contribution in [2.75, 3.05) is 45.3 Å². The van der Waals surface area contributed by atoms with Crippen molar-refractivity contribution < 1.29 is 19.1 Å². The van der Waals surface area contributed by atoms with Gasteiger partial charge in [0.15, 0.2) is 0 Å². The molecule has 0 spiro atoms. The van der Waals surface area contributed by atoms with Crippen LogP contribution in [0.2, 0.25) is 0 Å². The lowest BCUT2D eigenvalue weighted by molar-refractivity contribution is -0.140. The van der Waals surface area contributed by atoms with Crippen LogP contribution >= 0.6 is 11.3 Å². The average Bonchev–Trinajstić information content (AvgIpc) is 3.46. The zero-order valence-electron chi connectivity index (χ0n) is 21.5. The number of piperazine rings is 1. The van der Waals surface area contributed by atoms with E-state index in [2.05, 4.69) is 32.6 Å². The molecular formula is C28H34N4O4S. The lowest BCUT2D eigenvalue weighted by Crippen LogP contribution is -2.53. The Labute approximate surface area is 222 Å². The lowest BCUT2D eigenvalue weighted by atomic mass is 10.0. The second-order valence-electron chi connectivity index (χ2n) is 8.95. The van der Waals surface area contributed by atoms with Crippen molar-refractivity contribution in [2.24, 2.45) is 0 Å². The van der Waals surface area contributed by atoms with E-state index in [0.717, 1.165) is 53.8 Å². The van der Waals surface area contributed by atoms with Crippen LogP contribution in [0.1, 0.15) is 23.4 Å². The number of nitrogens with one attached hydrogen (secondary N) is 2. The molecule has 8 nitrogen and oxygen atoms in total. The minimum atomic E-state index is -0.645. The number of ether oxygens (including phenoxy) is 2. The average molecular weight is 523 g/mol. The fraction of sp³-hybridized carbons (Fsp3) is 0.357. The zero-order chi connectivity index (χ0) is 26.2. The van der Waals surface area contributed by atoms with Gasteiger partial charge in [0.1, 0.15) is 11.5 Å². The van der Waals surface area contributed by atoms with Gasteiger partial charge >= 0.3 is 11.8 Å². The van der Waals surface area contributed by atoms with Gasteiger partial charge in [-0.1, -0.05) is 30.3 Å². The molecule has 1 aromatic heterocycles. The number of rotatable bonds is 9. The molecule has 3 aromatic rings. The molecule has 1 aliphatic heterocycles. The third kappa shape index (κ3) is 6.61. The minimum Gasteiger partial charge on any atom is -0.497 e. The van der Waals surface area contributed by atoms with Crippen molar-refractivity contribution in [3.63, 3.8) is 0 Å². The molecule has 2 aromatic carbocycles. The number of methoxy groups -OCH3 is 2. The Morgan fingerprint density at radius 2 is 1.65 bits per heavy atom. The van der Waals surface area contributed by atoms with Crippen LogP contribution in [0, 0.1) is 0 Å². The highest BCUT2D eigenvalue weighted by Crippen LogP contribution is 2.32. The van der Waals surface area contributed by atoms with E-state index < -0.39 is 11.8 Å². The van der Waals surface area contributed by atoms with Crippen LogP contribution in [0.5, 0.6) is 11.5 Å². The van der Waals surface area contributed by atoms with Crippen LogP contribution in [0.25, 0.3) is 0 Å². The number of nitrogens with zero attached hydrogens (tertiary/aromatic N) is 2. The fourth-order valence-electron chi connectivity index (χ4n) is 4.69. The Bertz CT molecular complexity index is 1160. The molecule has 2 N–H and O–H groups in total. The van der Waals surface area contributed by atoms with Crippen LogP contribution in [0.3, 0.4) is 0 Å². The number of carbonyl (C=O) groups is 2. The van der Waals surface area contributed by atoms with E-state index in [4.69, 9.17) is 9.47 Å². The molecule has 0 unspecified atom stereocenters. The molecule has 4 rings (SSSR count). The lowest BCUT2D eigenvalue weighted by Gasteiger charge is -2.42. The Morgan fingerprint density at radius 1 is 0.919 bits per heavy atom. The van der Waals surface area contributed by atoms with E-state index in [-0.39, 0.29) is 18.6 Å². The van der Waals surface area contributed by atoms with Gasteiger partial charge in [-0.2, -0.15) is 0 Å². The van der Waals surface area contributed by atoms with Gasteiger partial charge in [-0.05, 0) is 48.2 Å². The molecule has 0 bridgehead atoms. The molecule has 37 heavy (non-hydrogen) atoms. The van der Waals surface area contributed by atoms with Gasteiger partial charge in [0.2, 0.25) is 0 Å². The quantitative estimate of drug-likeness (QED) is 0.419. The Balaban J connectivity index is 1.36. The Hall–Kier alpha value is -3.56. The highest BCUT2D eigenvalue weighted by molar-refractivity contribution is 7.10. The van der Waals surface area contributed by atoms with Gasteiger partial charge in [0, 0.05) is 43.6 Å². The van der Waals surface area contributed by atoms with Crippen molar-refractivity contribution in [3.05, 3.63) is 76.5 Å². The molecule has 1 fully saturated rings. The number of hydrogen-bond donors (Lipinski definition) is 2. The third-order valence-corrected chi connectivity index (χ3v) is 7.56. The van der Waals surface area contributed by atoms with Crippen molar-refractivity contribution in [3.8, 4) is 11.5 Å². The summed E-state index contributed by atoms with van der Waals surface area (Å²) < 4.78 is 10.7. The second-order valence-corrected chi connectivity index (χ2v) is 9.93. The van der Waals surface area contributed by atoms with E-state index in [0.29, 0.717) is 0 Å². The molecule has 0 aliphatic carbocycles. The molecule has 1 aliphatic rings. The van der Waals surface area contributed by atoms with Gasteiger partial charge in [-0.3, -0.25) is 14.5 Å². The summed E-state index contributed by atoms with van der Waals surface area (Å²) in [6.07, 6.45) is 0. The third-order valence-electron chi connectivity index (χ3n) is 6.62. The highest BCUT2D eigenvalue weighted by Gasteiger charge is 2.32. The van der Waals surface area contributed by atoms with Gasteiger partial charge < -0.3 is 25.0 Å². The monoisotopic (exact) mass is 522 g/mol. The summed E-state index contributed by atoms with van der Waals surface area (Å²) >= 11 is 1.66. The van der Waals surface area contributed by atoms with Crippen LogP contribution < -0.4 is 25.0 Å². The van der Waals surface area contributed by atoms with E-state index in [1.165, 1.54) is 0 Å². The number of carbonyl (C=O) groups excluding carboxylic acids is 2. The first-order valence-electron chi connectivity index (χ1n) is 12.4. The number of benzene rings is 2. The maximum Gasteiger partial charge on any atom is 0.309 e. The molecule has 2 amide bonds. The molecule has 2 heterocycles. The van der Waals surface area contributed by atoms with Crippen molar-refractivity contribution in [1.82, 2.24) is 15.5 Å². The molecule has 196 valence electrons. The predicted molar refractivity (Wildman–Crippen MR) is 146 cm³/mol. The number of para-hydroxylation sites is 2. The van der Waals surface area contributed by atoms with Gasteiger partial charge in [-0.25, -0.2) is 0 Å². The Kier molecular flexibility index (Phi) is 9.03. The molecule has 1 saturated heterocycles. The normalized spacial score (nSPS) is 15.5. The molecule has 0 radical (unpaired) electrons. The summed E-state index contributed by atoms with van der Waals surface area (Å²) in [6, 6.07) is 19.3. The molecular weight excluding hydrogens is 488 g/mol. The van der Waals surface area contributed by atoms with Gasteiger partial charge in [0.05, 0.1) is 25.9 Å². The SMILES string of the molecule is COc1ccc(CNC(=O)C(=O)N[C@@H](C)[C@@H](c2cccs2)N2CCN(c3ccccc3OC)CC2)cc1. The first kappa shape index (κ1) is 26.5. The van der Waals surface area contributed by atoms with Crippen LogP contribution in [0.4, 0.5) is 5.69 Å². The number of amides is 2. The first-order valence-corrected chi connectivity index (χ1v) is 13.2. The highest BCUT2D eigenvalue weighted by atomic mass is 32.1. The van der Waals surface area contributed by atoms with E-state index in [1.807, 2.05) is 60.8 Å². The van der Waals surface area contributed by atoms with Crippen LogP contribution in [0.15, 0.2) is 66.0 Å². The standard InChI is InChI=1S/C28H34N4O4S/c1-20(30-28(34)27(33)29-19-21-10-12-22(35-2)13-11-21)26(25-9-6-18-37-25)32-16-14-31(15-17-32)23-7-4-5-8-24(23)36-3/h4-13,18,20,26H,14-17,19H2,1-3H3,(H,29,33)(H,30,34)/t20-,26-/m0/s1. The summed E-state index contributed by atoms with van der Waals surface area (Å²) in [5.41, 5.74) is 1.98. The second kappa shape index (κ2) is 12.6. The van der Waals surface area contributed by atoms with Crippen molar-refractivity contribution in [2.45, 2.75) is 25.6 Å². The number of thiophene rings is 1. The Morgan fingerprint density at radius 3 is 2.30 bits per heavy atom. The largest absolute Gasteiger partial charge is 0.497 e. The van der Waals surface area contributed by atoms with Gasteiger partial charge in [0.25, 0.3) is 0 Å². The smallest absolute Gasteiger partial charge is 0.309 e. The maximum absolute atomic E-state index is 12.8. The van der Waals surface area contributed by atoms with E-state index in [9.17, 15) is 9.59 Å². The maximum atomic E-state index is 12.8. The summed E-state index contributed by atoms with van der Waals surface area (Å²) in [7, 11) is 3.30. The fourth-order valence-corrected chi connectivity index (χ4v) is 5.66. The number of hydrogen-bond acceptors (Lipinski definition) is 7. The molecule has 0 saturated carbocycles. The zero-order valence-corrected chi connectivity index (χ0v) is 22.3. The summed E-state index contributed by atoms with van der Waals surface area (Å²) in [6.45, 7) is 5.56. The van der Waals surface area contributed by atoms with Crippen molar-refractivity contribution >= 4 is 28.8 Å². The van der Waals surface area contributed by atoms with Crippen LogP contribution in [-0.2, 0) is 16.1 Å². The van der Waals surface area contributed by atoms with Crippen LogP contribution in [-0.4, -0.2) is 63.2 Å². The minimum absolute atomic E-state index is 0.0295. The number of anilines is 1. The first-order chi connectivity index (χ1) is 18.0. The topological polar surface area (TPSA) is 83.1 Å². The summed E-state index contributed by atoms with van der Waals surface area (Å²) in [4.78, 5) is 31.2. The van der Waals surface area contributed by atoms with Gasteiger partial charge in [-0.15, -0.1) is 11.3 Å². The molecule has 9 heteroatoms. The van der Waals surface area contributed by atoms with Crippen molar-refractivity contribution in [1.29, 1.82) is 0 Å². The van der Waals surface area contributed by atoms with E-state index in [1.54, 1.807) is 25.6 Å². The summed E-state index contributed by atoms with van der Waals surface area (Å²) in [5, 5.41) is 7.69. The predicted octanol–water partition coefficient (Wildman–Crippen LogP) is 3.45. The van der Waals surface area contributed by atoms with E-state index >= 15 is 0 Å². The summed E-state index contributed by atoms with van der Waals surface area (Å²) in [5.74, 6) is 0.334.